The predicted octanol–water partition coefficient (Wildman–Crippen LogP) is 3.34. The lowest BCUT2D eigenvalue weighted by Gasteiger charge is -2.62. The number of fused-ring (bicyclic) bond motifs is 2. The second kappa shape index (κ2) is 7.93. The van der Waals surface area contributed by atoms with Gasteiger partial charge < -0.3 is 14.8 Å². The molecular weight excluding hydrogens is 382 g/mol. The molecule has 0 saturated heterocycles. The Morgan fingerprint density at radius 3 is 2.61 bits per heavy atom. The molecule has 3 fully saturated rings. The number of aromatic nitrogens is 2. The summed E-state index contributed by atoms with van der Waals surface area (Å²) in [5.74, 6) is 1.46. The summed E-state index contributed by atoms with van der Waals surface area (Å²) < 4.78 is 11.5. The highest BCUT2D eigenvalue weighted by atomic mass is 35.5. The van der Waals surface area contributed by atoms with Crippen LogP contribution in [-0.2, 0) is 16.1 Å². The number of nitrogens with zero attached hydrogens (tertiary/aromatic N) is 2. The Morgan fingerprint density at radius 1 is 1.32 bits per heavy atom. The van der Waals surface area contributed by atoms with E-state index in [1.165, 1.54) is 6.42 Å². The number of carbonyl (C=O) groups excluding carboxylic acids is 1. The molecule has 1 heterocycles. The van der Waals surface area contributed by atoms with Crippen molar-refractivity contribution >= 4 is 23.3 Å². The van der Waals surface area contributed by atoms with Crippen LogP contribution in [0.15, 0.2) is 4.79 Å². The maximum atomic E-state index is 12.7. The smallest absolute Gasteiger partial charge is 0.327 e. The van der Waals surface area contributed by atoms with Gasteiger partial charge in [-0.1, -0.05) is 32.4 Å². The summed E-state index contributed by atoms with van der Waals surface area (Å²) in [5, 5.41) is 7.67. The lowest BCUT2D eigenvalue weighted by Crippen LogP contribution is -2.58. The van der Waals surface area contributed by atoms with Gasteiger partial charge in [-0.2, -0.15) is 0 Å². The molecule has 3 aliphatic carbocycles. The highest BCUT2D eigenvalue weighted by molar-refractivity contribution is 6.33. The third-order valence-corrected chi connectivity index (χ3v) is 6.97. The standard InChI is InChI=1S/C20H30ClN3O4/c1-6-27-15(25)10-24-19(26)16(21)17(18(23-24)28-7-2)22-14-9-12-8-13(11(14)3)20(12,4)5/h11-14,22H,6-10H2,1-5H3/t11-,12+,13-,14-/m1/s1. The molecule has 3 aliphatic rings. The lowest BCUT2D eigenvalue weighted by molar-refractivity contribution is -0.144. The summed E-state index contributed by atoms with van der Waals surface area (Å²) in [6, 6.07) is 0.204. The Hall–Kier alpha value is -1.76. The van der Waals surface area contributed by atoms with E-state index in [4.69, 9.17) is 21.1 Å². The Bertz CT molecular complexity index is 807. The fourth-order valence-electron chi connectivity index (χ4n) is 4.84. The molecule has 2 bridgehead atoms. The van der Waals surface area contributed by atoms with Crippen molar-refractivity contribution < 1.29 is 14.3 Å². The summed E-state index contributed by atoms with van der Waals surface area (Å²) in [6.07, 6.45) is 2.29. The maximum absolute atomic E-state index is 12.7. The summed E-state index contributed by atoms with van der Waals surface area (Å²) in [6.45, 7) is 10.8. The SMILES string of the molecule is CCOC(=O)Cn1nc(OCC)c(N[C@@H]2C[C@@H]3C[C@H]([C@H]2C)C3(C)C)c(Cl)c1=O. The minimum atomic E-state index is -0.542. The number of ether oxygens (including phenoxy) is 2. The minimum Gasteiger partial charge on any atom is -0.475 e. The molecule has 1 N–H and O–H groups in total. The van der Waals surface area contributed by atoms with Crippen LogP contribution in [0.5, 0.6) is 5.88 Å². The van der Waals surface area contributed by atoms with Crippen molar-refractivity contribution in [3.8, 4) is 5.88 Å². The van der Waals surface area contributed by atoms with Gasteiger partial charge in [0.25, 0.3) is 11.4 Å². The number of anilines is 1. The van der Waals surface area contributed by atoms with Gasteiger partial charge in [0.2, 0.25) is 0 Å². The summed E-state index contributed by atoms with van der Waals surface area (Å²) >= 11 is 6.40. The quantitative estimate of drug-likeness (QED) is 0.693. The molecule has 1 aromatic heterocycles. The molecule has 0 unspecified atom stereocenters. The molecule has 1 aromatic rings. The largest absolute Gasteiger partial charge is 0.475 e. The van der Waals surface area contributed by atoms with Crippen LogP contribution in [0.25, 0.3) is 0 Å². The normalized spacial score (nSPS) is 27.6. The first-order valence-corrected chi connectivity index (χ1v) is 10.4. The first-order chi connectivity index (χ1) is 13.2. The van der Waals surface area contributed by atoms with E-state index in [-0.39, 0.29) is 30.1 Å². The van der Waals surface area contributed by atoms with Gasteiger partial charge in [-0.15, -0.1) is 5.10 Å². The molecule has 0 radical (unpaired) electrons. The van der Waals surface area contributed by atoms with Crippen LogP contribution in [-0.4, -0.2) is 35.0 Å². The van der Waals surface area contributed by atoms with Crippen LogP contribution in [0.1, 0.15) is 47.5 Å². The topological polar surface area (TPSA) is 82.5 Å². The second-order valence-electron chi connectivity index (χ2n) is 8.40. The van der Waals surface area contributed by atoms with Gasteiger partial charge >= 0.3 is 5.97 Å². The Labute approximate surface area is 170 Å². The van der Waals surface area contributed by atoms with Crippen LogP contribution in [0.3, 0.4) is 0 Å². The van der Waals surface area contributed by atoms with Crippen molar-refractivity contribution in [2.45, 2.75) is 60.0 Å². The molecular formula is C20H30ClN3O4. The number of carbonyl (C=O) groups is 1. The molecule has 7 nitrogen and oxygen atoms in total. The summed E-state index contributed by atoms with van der Waals surface area (Å²) in [4.78, 5) is 24.4. The number of rotatable bonds is 7. The number of esters is 1. The average molecular weight is 412 g/mol. The van der Waals surface area contributed by atoms with E-state index in [0.717, 1.165) is 11.1 Å². The van der Waals surface area contributed by atoms with E-state index in [1.807, 2.05) is 6.92 Å². The van der Waals surface area contributed by atoms with Gasteiger partial charge in [0, 0.05) is 6.04 Å². The van der Waals surface area contributed by atoms with E-state index in [9.17, 15) is 9.59 Å². The van der Waals surface area contributed by atoms with E-state index in [1.54, 1.807) is 6.92 Å². The molecule has 0 spiro atoms. The first-order valence-electron chi connectivity index (χ1n) is 10.1. The monoisotopic (exact) mass is 411 g/mol. The average Bonchev–Trinajstić information content (AvgIpc) is 2.63. The maximum Gasteiger partial charge on any atom is 0.327 e. The fraction of sp³-hybridized carbons (Fsp3) is 0.750. The predicted molar refractivity (Wildman–Crippen MR) is 108 cm³/mol. The molecule has 0 aromatic carbocycles. The van der Waals surface area contributed by atoms with Gasteiger partial charge in [0.1, 0.15) is 17.3 Å². The molecule has 4 atom stereocenters. The van der Waals surface area contributed by atoms with Crippen molar-refractivity contribution in [2.24, 2.45) is 23.2 Å². The van der Waals surface area contributed by atoms with Crippen LogP contribution in [0, 0.1) is 23.2 Å². The molecule has 3 saturated carbocycles. The first kappa shape index (κ1) is 21.0. The zero-order valence-electron chi connectivity index (χ0n) is 17.3. The number of nitrogens with one attached hydrogen (secondary N) is 1. The minimum absolute atomic E-state index is 0.00606. The lowest BCUT2D eigenvalue weighted by atomic mass is 9.45. The number of hydrogen-bond donors (Lipinski definition) is 1. The van der Waals surface area contributed by atoms with Crippen LogP contribution >= 0.6 is 11.6 Å². The Balaban J connectivity index is 1.87. The third-order valence-electron chi connectivity index (χ3n) is 6.62. The Kier molecular flexibility index (Phi) is 5.94. The van der Waals surface area contributed by atoms with Gasteiger partial charge in [-0.3, -0.25) is 9.59 Å². The van der Waals surface area contributed by atoms with E-state index in [2.05, 4.69) is 31.2 Å². The van der Waals surface area contributed by atoms with E-state index < -0.39 is 11.5 Å². The fourth-order valence-corrected chi connectivity index (χ4v) is 5.08. The van der Waals surface area contributed by atoms with Crippen molar-refractivity contribution in [1.29, 1.82) is 0 Å². The highest BCUT2D eigenvalue weighted by Gasteiger charge is 2.56. The van der Waals surface area contributed by atoms with Gasteiger partial charge in [-0.25, -0.2) is 4.68 Å². The number of halogens is 1. The third kappa shape index (κ3) is 3.61. The van der Waals surface area contributed by atoms with Gasteiger partial charge in [0.05, 0.1) is 13.2 Å². The van der Waals surface area contributed by atoms with Crippen molar-refractivity contribution in [1.82, 2.24) is 9.78 Å². The molecule has 4 rings (SSSR count). The second-order valence-corrected chi connectivity index (χ2v) is 8.78. The van der Waals surface area contributed by atoms with Gasteiger partial charge in [0.15, 0.2) is 0 Å². The zero-order chi connectivity index (χ0) is 20.6. The zero-order valence-corrected chi connectivity index (χ0v) is 18.0. The van der Waals surface area contributed by atoms with Crippen molar-refractivity contribution in [2.75, 3.05) is 18.5 Å². The van der Waals surface area contributed by atoms with Crippen molar-refractivity contribution in [3.63, 3.8) is 0 Å². The summed E-state index contributed by atoms with van der Waals surface area (Å²) in [5.41, 5.74) is 0.255. The van der Waals surface area contributed by atoms with E-state index in [0.29, 0.717) is 35.5 Å². The summed E-state index contributed by atoms with van der Waals surface area (Å²) in [7, 11) is 0. The van der Waals surface area contributed by atoms with Crippen LogP contribution < -0.4 is 15.6 Å². The van der Waals surface area contributed by atoms with Crippen LogP contribution in [0.2, 0.25) is 5.02 Å². The van der Waals surface area contributed by atoms with Gasteiger partial charge in [-0.05, 0) is 49.9 Å². The van der Waals surface area contributed by atoms with Crippen molar-refractivity contribution in [3.05, 3.63) is 15.4 Å². The number of hydrogen-bond acceptors (Lipinski definition) is 6. The molecule has 0 amide bonds. The van der Waals surface area contributed by atoms with Crippen LogP contribution in [0.4, 0.5) is 5.69 Å². The Morgan fingerprint density at radius 2 is 2.04 bits per heavy atom. The van der Waals surface area contributed by atoms with E-state index >= 15 is 0 Å². The molecule has 28 heavy (non-hydrogen) atoms. The molecule has 8 heteroatoms. The highest BCUT2D eigenvalue weighted by Crippen LogP contribution is 2.61. The molecule has 156 valence electrons. The molecule has 0 aliphatic heterocycles.